The van der Waals surface area contributed by atoms with E-state index in [9.17, 15) is 0 Å². The molecule has 1 unspecified atom stereocenters. The van der Waals surface area contributed by atoms with Crippen LogP contribution in [0.5, 0.6) is 0 Å². The van der Waals surface area contributed by atoms with E-state index in [0.717, 1.165) is 12.8 Å². The minimum absolute atomic E-state index is 0.140. The van der Waals surface area contributed by atoms with Gasteiger partial charge in [0.25, 0.3) is 0 Å². The Bertz CT molecular complexity index is 226. The molecule has 0 radical (unpaired) electrons. The first-order valence-corrected chi connectivity index (χ1v) is 4.85. The zero-order valence-electron chi connectivity index (χ0n) is 7.75. The van der Waals surface area contributed by atoms with E-state index in [1.165, 1.54) is 5.56 Å². The Morgan fingerprint density at radius 2 is 1.83 bits per heavy atom. The number of hydrogen-bond acceptors (Lipinski definition) is 1. The van der Waals surface area contributed by atoms with Crippen molar-refractivity contribution in [3.8, 4) is 0 Å². The zero-order chi connectivity index (χ0) is 9.03. The summed E-state index contributed by atoms with van der Waals surface area (Å²) >= 11 is 4.60. The maximum absolute atomic E-state index is 4.60. The van der Waals surface area contributed by atoms with Gasteiger partial charge in [0.2, 0.25) is 0 Å². The average Bonchev–Trinajstić information content (AvgIpc) is 2.06. The molecule has 0 bridgehead atoms. The minimum Gasteiger partial charge on any atom is -0.172 e. The van der Waals surface area contributed by atoms with Gasteiger partial charge in [0.1, 0.15) is 0 Å². The Kier molecular flexibility index (Phi) is 3.21. The highest BCUT2D eigenvalue weighted by molar-refractivity contribution is 7.81. The summed E-state index contributed by atoms with van der Waals surface area (Å²) in [5.74, 6) is 0. The minimum atomic E-state index is 0.140. The average molecular weight is 180 g/mol. The van der Waals surface area contributed by atoms with Crippen LogP contribution in [0.1, 0.15) is 25.8 Å². The molecule has 0 aliphatic carbocycles. The third-order valence-electron chi connectivity index (χ3n) is 2.19. The predicted octanol–water partition coefficient (Wildman–Crippen LogP) is 3.33. The van der Waals surface area contributed by atoms with Crippen LogP contribution >= 0.6 is 12.6 Å². The third kappa shape index (κ3) is 2.90. The van der Waals surface area contributed by atoms with Gasteiger partial charge in [0, 0.05) is 4.75 Å². The maximum atomic E-state index is 4.60. The lowest BCUT2D eigenvalue weighted by Gasteiger charge is -2.21. The second-order valence-electron chi connectivity index (χ2n) is 3.51. The molecule has 0 N–H and O–H groups in total. The molecule has 0 heterocycles. The third-order valence-corrected chi connectivity index (χ3v) is 2.66. The Morgan fingerprint density at radius 1 is 1.25 bits per heavy atom. The lowest BCUT2D eigenvalue weighted by molar-refractivity contribution is 0.622. The fraction of sp³-hybridized carbons (Fsp3) is 0.455. The fourth-order valence-corrected chi connectivity index (χ4v) is 1.34. The van der Waals surface area contributed by atoms with E-state index in [2.05, 4.69) is 50.7 Å². The van der Waals surface area contributed by atoms with Gasteiger partial charge in [0.05, 0.1) is 0 Å². The standard InChI is InChI=1S/C11H16S/c1-3-11(2,12)9-10-7-5-4-6-8-10/h4-8,12H,3,9H2,1-2H3. The van der Waals surface area contributed by atoms with Crippen molar-refractivity contribution in [2.24, 2.45) is 0 Å². The van der Waals surface area contributed by atoms with Crippen LogP contribution < -0.4 is 0 Å². The van der Waals surface area contributed by atoms with Crippen molar-refractivity contribution < 1.29 is 0 Å². The Hall–Kier alpha value is -0.430. The van der Waals surface area contributed by atoms with Gasteiger partial charge in [-0.15, -0.1) is 0 Å². The van der Waals surface area contributed by atoms with E-state index in [1.807, 2.05) is 6.07 Å². The van der Waals surface area contributed by atoms with Crippen LogP contribution in [0.2, 0.25) is 0 Å². The molecule has 0 nitrogen and oxygen atoms in total. The first-order valence-electron chi connectivity index (χ1n) is 4.40. The molecule has 0 saturated carbocycles. The zero-order valence-corrected chi connectivity index (χ0v) is 8.64. The smallest absolute Gasteiger partial charge is 0.0139 e. The molecule has 0 fully saturated rings. The Balaban J connectivity index is 2.64. The Morgan fingerprint density at radius 3 is 2.33 bits per heavy atom. The quantitative estimate of drug-likeness (QED) is 0.678. The van der Waals surface area contributed by atoms with Crippen LogP contribution in [-0.2, 0) is 6.42 Å². The highest BCUT2D eigenvalue weighted by atomic mass is 32.1. The number of benzene rings is 1. The van der Waals surface area contributed by atoms with E-state index in [-0.39, 0.29) is 4.75 Å². The fourth-order valence-electron chi connectivity index (χ4n) is 1.16. The molecule has 1 aromatic rings. The molecule has 66 valence electrons. The van der Waals surface area contributed by atoms with Crippen molar-refractivity contribution >= 4 is 12.6 Å². The topological polar surface area (TPSA) is 0 Å². The molecule has 1 heteroatoms. The maximum Gasteiger partial charge on any atom is 0.0139 e. The van der Waals surface area contributed by atoms with Gasteiger partial charge in [-0.2, -0.15) is 12.6 Å². The van der Waals surface area contributed by atoms with Crippen LogP contribution in [0.3, 0.4) is 0 Å². The molecule has 1 rings (SSSR count). The van der Waals surface area contributed by atoms with Crippen LogP contribution in [0.25, 0.3) is 0 Å². The number of rotatable bonds is 3. The first-order chi connectivity index (χ1) is 5.64. The monoisotopic (exact) mass is 180 g/mol. The number of thiol groups is 1. The molecule has 1 atom stereocenters. The normalized spacial score (nSPS) is 15.6. The first kappa shape index (κ1) is 9.66. The second-order valence-corrected chi connectivity index (χ2v) is 4.59. The summed E-state index contributed by atoms with van der Waals surface area (Å²) in [5.41, 5.74) is 1.37. The van der Waals surface area contributed by atoms with Crippen LogP contribution in [0, 0.1) is 0 Å². The van der Waals surface area contributed by atoms with Crippen molar-refractivity contribution in [1.29, 1.82) is 0 Å². The summed E-state index contributed by atoms with van der Waals surface area (Å²) in [6, 6.07) is 10.5. The molecular formula is C11H16S. The summed E-state index contributed by atoms with van der Waals surface area (Å²) in [6.45, 7) is 4.36. The van der Waals surface area contributed by atoms with Crippen molar-refractivity contribution in [2.75, 3.05) is 0 Å². The highest BCUT2D eigenvalue weighted by Crippen LogP contribution is 2.23. The molecule has 12 heavy (non-hydrogen) atoms. The molecule has 0 aromatic heterocycles. The molecule has 0 spiro atoms. The van der Waals surface area contributed by atoms with Crippen molar-refractivity contribution in [1.82, 2.24) is 0 Å². The summed E-state index contributed by atoms with van der Waals surface area (Å²) in [7, 11) is 0. The molecule has 1 aromatic carbocycles. The molecule has 0 saturated heterocycles. The number of hydrogen-bond donors (Lipinski definition) is 1. The summed E-state index contributed by atoms with van der Waals surface area (Å²) in [6.07, 6.45) is 2.15. The van der Waals surface area contributed by atoms with Crippen molar-refractivity contribution in [2.45, 2.75) is 31.4 Å². The van der Waals surface area contributed by atoms with Crippen molar-refractivity contribution in [3.63, 3.8) is 0 Å². The van der Waals surface area contributed by atoms with Gasteiger partial charge in [-0.25, -0.2) is 0 Å². The van der Waals surface area contributed by atoms with E-state index in [4.69, 9.17) is 0 Å². The highest BCUT2D eigenvalue weighted by Gasteiger charge is 2.16. The van der Waals surface area contributed by atoms with E-state index in [1.54, 1.807) is 0 Å². The van der Waals surface area contributed by atoms with Crippen molar-refractivity contribution in [3.05, 3.63) is 35.9 Å². The van der Waals surface area contributed by atoms with Gasteiger partial charge in [-0.05, 0) is 18.4 Å². The summed E-state index contributed by atoms with van der Waals surface area (Å²) < 4.78 is 0.140. The van der Waals surface area contributed by atoms with Gasteiger partial charge in [-0.1, -0.05) is 44.2 Å². The van der Waals surface area contributed by atoms with Gasteiger partial charge >= 0.3 is 0 Å². The lowest BCUT2D eigenvalue weighted by Crippen LogP contribution is -2.18. The van der Waals surface area contributed by atoms with E-state index >= 15 is 0 Å². The Labute approximate surface area is 80.4 Å². The van der Waals surface area contributed by atoms with Crippen LogP contribution in [0.15, 0.2) is 30.3 Å². The van der Waals surface area contributed by atoms with E-state index < -0.39 is 0 Å². The summed E-state index contributed by atoms with van der Waals surface area (Å²) in [4.78, 5) is 0. The molecule has 0 aliphatic rings. The van der Waals surface area contributed by atoms with E-state index in [0.29, 0.717) is 0 Å². The molecule has 0 amide bonds. The molecule has 0 aliphatic heterocycles. The van der Waals surface area contributed by atoms with Gasteiger partial charge < -0.3 is 0 Å². The van der Waals surface area contributed by atoms with Crippen LogP contribution in [-0.4, -0.2) is 4.75 Å². The lowest BCUT2D eigenvalue weighted by atomic mass is 9.98. The SMILES string of the molecule is CCC(C)(S)Cc1ccccc1. The van der Waals surface area contributed by atoms with Gasteiger partial charge in [-0.3, -0.25) is 0 Å². The van der Waals surface area contributed by atoms with Crippen LogP contribution in [0.4, 0.5) is 0 Å². The molecular weight excluding hydrogens is 164 g/mol. The summed E-state index contributed by atoms with van der Waals surface area (Å²) in [5, 5.41) is 0. The van der Waals surface area contributed by atoms with Gasteiger partial charge in [0.15, 0.2) is 0 Å². The predicted molar refractivity (Wildman–Crippen MR) is 57.8 cm³/mol. The second kappa shape index (κ2) is 3.99. The largest absolute Gasteiger partial charge is 0.172 e.